The van der Waals surface area contributed by atoms with E-state index in [1.807, 2.05) is 54.6 Å². The average Bonchev–Trinajstić information content (AvgIpc) is 3.38. The van der Waals surface area contributed by atoms with Gasteiger partial charge in [-0.25, -0.2) is 12.7 Å². The predicted octanol–water partition coefficient (Wildman–Crippen LogP) is 2.98. The van der Waals surface area contributed by atoms with Crippen molar-refractivity contribution in [3.8, 4) is 5.75 Å². The quantitative estimate of drug-likeness (QED) is 0.744. The number of ether oxygens (including phenoxy) is 1. The molecule has 4 rings (SSSR count). The molecule has 0 unspecified atom stereocenters. The zero-order valence-corrected chi connectivity index (χ0v) is 16.8. The maximum atomic E-state index is 13.1. The van der Waals surface area contributed by atoms with Crippen molar-refractivity contribution in [2.45, 2.75) is 30.7 Å². The third-order valence-electron chi connectivity index (χ3n) is 5.46. The van der Waals surface area contributed by atoms with Crippen LogP contribution in [0.15, 0.2) is 54.6 Å². The Kier molecular flexibility index (Phi) is 5.68. The lowest BCUT2D eigenvalue weighted by Crippen LogP contribution is -2.41. The fraction of sp³-hybridized carbons (Fsp3) is 0.429. The maximum absolute atomic E-state index is 13.1. The van der Waals surface area contributed by atoms with Crippen molar-refractivity contribution in [1.29, 1.82) is 0 Å². The van der Waals surface area contributed by atoms with E-state index < -0.39 is 15.3 Å². The highest BCUT2D eigenvalue weighted by Crippen LogP contribution is 2.36. The van der Waals surface area contributed by atoms with Gasteiger partial charge in [0.2, 0.25) is 10.0 Å². The summed E-state index contributed by atoms with van der Waals surface area (Å²) in [6, 6.07) is 17.3. The Morgan fingerprint density at radius 1 is 1.04 bits per heavy atom. The first-order valence-electron chi connectivity index (χ1n) is 9.67. The second kappa shape index (κ2) is 8.21. The van der Waals surface area contributed by atoms with E-state index in [9.17, 15) is 8.42 Å². The summed E-state index contributed by atoms with van der Waals surface area (Å²) >= 11 is 0. The van der Waals surface area contributed by atoms with Gasteiger partial charge in [0.15, 0.2) is 0 Å². The number of sulfonamides is 1. The normalized spacial score (nSPS) is 23.9. The van der Waals surface area contributed by atoms with Crippen LogP contribution in [0.2, 0.25) is 0 Å². The summed E-state index contributed by atoms with van der Waals surface area (Å²) in [6.45, 7) is 1.91. The lowest BCUT2D eigenvalue weighted by atomic mass is 10.0. The van der Waals surface area contributed by atoms with Gasteiger partial charge in [-0.3, -0.25) is 4.84 Å². The average molecular weight is 403 g/mol. The number of benzene rings is 2. The minimum absolute atomic E-state index is 0.187. The Hall–Kier alpha value is -1.93. The molecule has 0 aromatic heterocycles. The van der Waals surface area contributed by atoms with Crippen LogP contribution in [0.3, 0.4) is 0 Å². The molecule has 6 nitrogen and oxygen atoms in total. The SMILES string of the molecule is CN1OC[C@@H](S(=O)(=O)N2CCCC2)[C@@H]1c1ccc(OCc2ccccc2)cc1. The Balaban J connectivity index is 1.48. The molecule has 2 saturated heterocycles. The van der Waals surface area contributed by atoms with Gasteiger partial charge in [0, 0.05) is 20.1 Å². The van der Waals surface area contributed by atoms with Gasteiger partial charge in [-0.15, -0.1) is 0 Å². The summed E-state index contributed by atoms with van der Waals surface area (Å²) in [5.41, 5.74) is 2.02. The molecule has 0 bridgehead atoms. The lowest BCUT2D eigenvalue weighted by Gasteiger charge is -2.26. The molecule has 2 aromatic rings. The van der Waals surface area contributed by atoms with Gasteiger partial charge >= 0.3 is 0 Å². The molecule has 0 amide bonds. The van der Waals surface area contributed by atoms with Crippen LogP contribution in [0.25, 0.3) is 0 Å². The van der Waals surface area contributed by atoms with Crippen LogP contribution in [-0.2, 0) is 21.5 Å². The number of hydrogen-bond donors (Lipinski definition) is 0. The van der Waals surface area contributed by atoms with Crippen LogP contribution < -0.4 is 4.74 Å². The zero-order chi connectivity index (χ0) is 19.6. The van der Waals surface area contributed by atoms with Crippen LogP contribution in [0.5, 0.6) is 5.75 Å². The Labute approximate surface area is 166 Å². The molecule has 0 N–H and O–H groups in total. The fourth-order valence-corrected chi connectivity index (χ4v) is 5.94. The van der Waals surface area contributed by atoms with Crippen molar-refractivity contribution >= 4 is 10.0 Å². The van der Waals surface area contributed by atoms with Gasteiger partial charge in [-0.05, 0) is 36.1 Å². The Bertz CT molecular complexity index is 880. The summed E-state index contributed by atoms with van der Waals surface area (Å²) in [6.07, 6.45) is 1.86. The van der Waals surface area contributed by atoms with E-state index in [1.165, 1.54) is 0 Å². The Morgan fingerprint density at radius 2 is 1.71 bits per heavy atom. The number of nitrogens with zero attached hydrogens (tertiary/aromatic N) is 2. The van der Waals surface area contributed by atoms with E-state index in [-0.39, 0.29) is 12.6 Å². The first-order valence-corrected chi connectivity index (χ1v) is 11.2. The second-order valence-corrected chi connectivity index (χ2v) is 9.47. The molecule has 7 heteroatoms. The molecular formula is C21H26N2O4S. The van der Waals surface area contributed by atoms with Crippen molar-refractivity contribution in [1.82, 2.24) is 9.37 Å². The monoisotopic (exact) mass is 402 g/mol. The molecule has 0 aliphatic carbocycles. The molecule has 0 radical (unpaired) electrons. The zero-order valence-electron chi connectivity index (χ0n) is 16.0. The highest BCUT2D eigenvalue weighted by Gasteiger charge is 2.46. The third kappa shape index (κ3) is 3.93. The van der Waals surface area contributed by atoms with Crippen LogP contribution in [-0.4, -0.2) is 49.8 Å². The van der Waals surface area contributed by atoms with E-state index in [0.717, 1.165) is 29.7 Å². The third-order valence-corrected chi connectivity index (χ3v) is 7.71. The van der Waals surface area contributed by atoms with Gasteiger partial charge < -0.3 is 4.74 Å². The summed E-state index contributed by atoms with van der Waals surface area (Å²) < 4.78 is 33.6. The van der Waals surface area contributed by atoms with Crippen LogP contribution in [0.4, 0.5) is 0 Å². The van der Waals surface area contributed by atoms with Crippen molar-refractivity contribution < 1.29 is 18.0 Å². The van der Waals surface area contributed by atoms with E-state index in [0.29, 0.717) is 19.7 Å². The van der Waals surface area contributed by atoms with Crippen molar-refractivity contribution in [3.63, 3.8) is 0 Å². The highest BCUT2D eigenvalue weighted by molar-refractivity contribution is 7.89. The van der Waals surface area contributed by atoms with E-state index in [2.05, 4.69) is 0 Å². The van der Waals surface area contributed by atoms with Gasteiger partial charge in [-0.2, -0.15) is 5.06 Å². The Morgan fingerprint density at radius 3 is 2.39 bits per heavy atom. The molecule has 2 heterocycles. The molecule has 2 aliphatic heterocycles. The summed E-state index contributed by atoms with van der Waals surface area (Å²) in [5.74, 6) is 0.758. The fourth-order valence-electron chi connectivity index (χ4n) is 3.91. The largest absolute Gasteiger partial charge is 0.489 e. The van der Waals surface area contributed by atoms with Gasteiger partial charge in [0.05, 0.1) is 12.6 Å². The van der Waals surface area contributed by atoms with Crippen LogP contribution >= 0.6 is 0 Å². The number of rotatable bonds is 6. The number of hydrogen-bond acceptors (Lipinski definition) is 5. The predicted molar refractivity (Wildman–Crippen MR) is 107 cm³/mol. The van der Waals surface area contributed by atoms with E-state index in [4.69, 9.17) is 9.57 Å². The minimum Gasteiger partial charge on any atom is -0.489 e. The first-order chi connectivity index (χ1) is 13.6. The van der Waals surface area contributed by atoms with E-state index in [1.54, 1.807) is 16.4 Å². The van der Waals surface area contributed by atoms with Crippen molar-refractivity contribution in [2.24, 2.45) is 0 Å². The smallest absolute Gasteiger partial charge is 0.221 e. The molecule has 2 fully saturated rings. The minimum atomic E-state index is -3.39. The summed E-state index contributed by atoms with van der Waals surface area (Å²) in [5, 5.41) is 1.07. The van der Waals surface area contributed by atoms with E-state index >= 15 is 0 Å². The molecule has 0 saturated carbocycles. The summed E-state index contributed by atoms with van der Waals surface area (Å²) in [7, 11) is -1.59. The molecular weight excluding hydrogens is 376 g/mol. The molecule has 2 aliphatic rings. The first kappa shape index (κ1) is 19.4. The molecule has 0 spiro atoms. The second-order valence-electron chi connectivity index (χ2n) is 7.32. The van der Waals surface area contributed by atoms with Crippen LogP contribution in [0.1, 0.15) is 30.0 Å². The molecule has 2 atom stereocenters. The van der Waals surface area contributed by atoms with Crippen molar-refractivity contribution in [3.05, 3.63) is 65.7 Å². The molecule has 150 valence electrons. The van der Waals surface area contributed by atoms with Gasteiger partial charge in [0.25, 0.3) is 0 Å². The summed E-state index contributed by atoms with van der Waals surface area (Å²) in [4.78, 5) is 5.61. The maximum Gasteiger partial charge on any atom is 0.221 e. The number of hydroxylamine groups is 2. The van der Waals surface area contributed by atoms with Gasteiger partial charge in [-0.1, -0.05) is 42.5 Å². The molecule has 2 aromatic carbocycles. The highest BCUT2D eigenvalue weighted by atomic mass is 32.2. The van der Waals surface area contributed by atoms with Gasteiger partial charge in [0.1, 0.15) is 17.6 Å². The van der Waals surface area contributed by atoms with Crippen LogP contribution in [0, 0.1) is 0 Å². The lowest BCUT2D eigenvalue weighted by molar-refractivity contribution is -0.110. The molecule has 28 heavy (non-hydrogen) atoms. The van der Waals surface area contributed by atoms with Crippen molar-refractivity contribution in [2.75, 3.05) is 26.7 Å². The topological polar surface area (TPSA) is 59.1 Å². The standard InChI is InChI=1S/C21H26N2O4S/c1-22-21(20(16-27-22)28(24,25)23-13-5-6-14-23)18-9-11-19(12-10-18)26-15-17-7-3-2-4-8-17/h2-4,7-12,20-21H,5-6,13-16H2,1H3/t20-,21+/m1/s1.